The fourth-order valence-corrected chi connectivity index (χ4v) is 9.33. The Morgan fingerprint density at radius 2 is 1.64 bits per heavy atom. The van der Waals surface area contributed by atoms with Crippen LogP contribution >= 0.6 is 11.8 Å². The molecule has 3 nitrogen and oxygen atoms in total. The zero-order valence-electron chi connectivity index (χ0n) is 20.7. The van der Waals surface area contributed by atoms with Gasteiger partial charge >= 0.3 is 0 Å². The van der Waals surface area contributed by atoms with Crippen LogP contribution in [0, 0.1) is 28.6 Å². The van der Waals surface area contributed by atoms with E-state index in [4.69, 9.17) is 0 Å². The van der Waals surface area contributed by atoms with Crippen LogP contribution < -0.4 is 4.90 Å². The molecule has 5 rings (SSSR count). The van der Waals surface area contributed by atoms with Crippen molar-refractivity contribution in [1.82, 2.24) is 0 Å². The highest BCUT2D eigenvalue weighted by molar-refractivity contribution is 8.00. The lowest BCUT2D eigenvalue weighted by atomic mass is 9.47. The maximum atomic E-state index is 13.0. The standard InChI is InChI=1S/C29H39NO2S/c1-5-30(6-2)20-7-9-22(10-8-20)33-25-18-19-17-21(31)13-15-28(19,3)24-14-16-29(4)23(27(24)25)11-12-26(29)32/h7-10,17,23-25,27H,5-6,11-16,18H2,1-4H3/t23-,24-,25+,27-,28-,29-/m0/s1. The van der Waals surface area contributed by atoms with Crippen LogP contribution in [-0.2, 0) is 9.59 Å². The number of allylic oxidation sites excluding steroid dienone is 1. The topological polar surface area (TPSA) is 37.4 Å². The molecule has 4 heteroatoms. The minimum Gasteiger partial charge on any atom is -0.372 e. The van der Waals surface area contributed by atoms with Crippen LogP contribution in [0.3, 0.4) is 0 Å². The van der Waals surface area contributed by atoms with Crippen LogP contribution in [0.1, 0.15) is 72.6 Å². The van der Waals surface area contributed by atoms with Crippen molar-refractivity contribution in [2.45, 2.75) is 82.8 Å². The molecule has 0 heterocycles. The van der Waals surface area contributed by atoms with E-state index < -0.39 is 0 Å². The molecular formula is C29H39NO2S. The van der Waals surface area contributed by atoms with Crippen LogP contribution in [0.2, 0.25) is 0 Å². The summed E-state index contributed by atoms with van der Waals surface area (Å²) in [5.74, 6) is 2.45. The monoisotopic (exact) mass is 465 g/mol. The predicted octanol–water partition coefficient (Wildman–Crippen LogP) is 6.70. The summed E-state index contributed by atoms with van der Waals surface area (Å²) in [5.41, 5.74) is 2.68. The molecular weight excluding hydrogens is 426 g/mol. The fraction of sp³-hybridized carbons (Fsp3) is 0.655. The number of carbonyl (C=O) groups excluding carboxylic acids is 2. The Balaban J connectivity index is 1.48. The number of rotatable bonds is 5. The number of hydrogen-bond donors (Lipinski definition) is 0. The molecule has 0 aromatic heterocycles. The summed E-state index contributed by atoms with van der Waals surface area (Å²) in [7, 11) is 0. The molecule has 33 heavy (non-hydrogen) atoms. The van der Waals surface area contributed by atoms with Crippen molar-refractivity contribution in [3.05, 3.63) is 35.9 Å². The van der Waals surface area contributed by atoms with Gasteiger partial charge in [0.1, 0.15) is 5.78 Å². The van der Waals surface area contributed by atoms with E-state index in [-0.39, 0.29) is 10.8 Å². The summed E-state index contributed by atoms with van der Waals surface area (Å²) in [6.45, 7) is 11.1. The van der Waals surface area contributed by atoms with Gasteiger partial charge in [-0.15, -0.1) is 11.8 Å². The van der Waals surface area contributed by atoms with Gasteiger partial charge in [-0.05, 0) is 99.5 Å². The normalized spacial score (nSPS) is 37.8. The van der Waals surface area contributed by atoms with Crippen LogP contribution in [0.15, 0.2) is 40.8 Å². The van der Waals surface area contributed by atoms with E-state index >= 15 is 0 Å². The largest absolute Gasteiger partial charge is 0.372 e. The second kappa shape index (κ2) is 8.59. The molecule has 0 amide bonds. The molecule has 1 aromatic rings. The summed E-state index contributed by atoms with van der Waals surface area (Å²) in [6.07, 6.45) is 8.66. The number of anilines is 1. The van der Waals surface area contributed by atoms with Gasteiger partial charge in [-0.1, -0.05) is 19.4 Å². The molecule has 4 aliphatic carbocycles. The Kier molecular flexibility index (Phi) is 6.04. The Labute approximate surface area is 203 Å². The van der Waals surface area contributed by atoms with Gasteiger partial charge in [-0.3, -0.25) is 9.59 Å². The Bertz CT molecular complexity index is 964. The van der Waals surface area contributed by atoms with Crippen LogP contribution in [0.5, 0.6) is 0 Å². The van der Waals surface area contributed by atoms with Gasteiger partial charge in [0.15, 0.2) is 5.78 Å². The maximum Gasteiger partial charge on any atom is 0.155 e. The van der Waals surface area contributed by atoms with Crippen LogP contribution in [0.4, 0.5) is 5.69 Å². The van der Waals surface area contributed by atoms with Crippen LogP contribution in [0.25, 0.3) is 0 Å². The first-order chi connectivity index (χ1) is 15.8. The number of nitrogens with zero attached hydrogens (tertiary/aromatic N) is 1. The minimum atomic E-state index is -0.130. The first-order valence-corrected chi connectivity index (χ1v) is 14.0. The molecule has 0 aliphatic heterocycles. The number of fused-ring (bicyclic) bond motifs is 5. The van der Waals surface area contributed by atoms with Gasteiger partial charge < -0.3 is 4.90 Å². The van der Waals surface area contributed by atoms with Gasteiger partial charge in [0.05, 0.1) is 0 Å². The third kappa shape index (κ3) is 3.72. The molecule has 6 atom stereocenters. The molecule has 0 unspecified atom stereocenters. The van der Waals surface area contributed by atoms with Crippen molar-refractivity contribution in [2.24, 2.45) is 28.6 Å². The smallest absolute Gasteiger partial charge is 0.155 e. The highest BCUT2D eigenvalue weighted by atomic mass is 32.2. The minimum absolute atomic E-state index is 0.130. The van der Waals surface area contributed by atoms with Gasteiger partial charge in [0.2, 0.25) is 0 Å². The molecule has 3 fully saturated rings. The van der Waals surface area contributed by atoms with Crippen molar-refractivity contribution in [3.8, 4) is 0 Å². The molecule has 0 saturated heterocycles. The highest BCUT2D eigenvalue weighted by Crippen LogP contribution is 2.66. The number of Topliss-reactive ketones (excluding diaryl/α,β-unsaturated/α-hetero) is 1. The van der Waals surface area contributed by atoms with Crippen molar-refractivity contribution in [1.29, 1.82) is 0 Å². The molecule has 0 N–H and O–H groups in total. The van der Waals surface area contributed by atoms with E-state index in [9.17, 15) is 9.59 Å². The second-order valence-corrected chi connectivity index (χ2v) is 12.6. The van der Waals surface area contributed by atoms with E-state index in [2.05, 4.69) is 56.9 Å². The summed E-state index contributed by atoms with van der Waals surface area (Å²) in [5, 5.41) is 0.440. The summed E-state index contributed by atoms with van der Waals surface area (Å²) >= 11 is 2.01. The highest BCUT2D eigenvalue weighted by Gasteiger charge is 2.61. The molecule has 178 valence electrons. The lowest BCUT2D eigenvalue weighted by Crippen LogP contribution is -2.54. The van der Waals surface area contributed by atoms with E-state index in [0.29, 0.717) is 41.0 Å². The Morgan fingerprint density at radius 3 is 2.33 bits per heavy atom. The van der Waals surface area contributed by atoms with Crippen molar-refractivity contribution in [2.75, 3.05) is 18.0 Å². The number of hydrogen-bond acceptors (Lipinski definition) is 4. The van der Waals surface area contributed by atoms with E-state index in [1.165, 1.54) is 16.2 Å². The summed E-state index contributed by atoms with van der Waals surface area (Å²) in [6, 6.07) is 9.08. The van der Waals surface area contributed by atoms with Crippen molar-refractivity contribution in [3.63, 3.8) is 0 Å². The average Bonchev–Trinajstić information content (AvgIpc) is 3.11. The van der Waals surface area contributed by atoms with Gasteiger partial charge in [0, 0.05) is 47.2 Å². The SMILES string of the molecule is CCN(CC)c1ccc(S[C@@H]2CC3=CC(=O)CC[C@]3(C)[C@H]3CC[C@]4(C)C(=O)CC[C@H]4[C@H]23)cc1. The molecule has 0 bridgehead atoms. The van der Waals surface area contributed by atoms with Crippen molar-refractivity contribution < 1.29 is 9.59 Å². The summed E-state index contributed by atoms with van der Waals surface area (Å²) < 4.78 is 0. The predicted molar refractivity (Wildman–Crippen MR) is 137 cm³/mol. The number of carbonyl (C=O) groups is 2. The Hall–Kier alpha value is -1.55. The second-order valence-electron chi connectivity index (χ2n) is 11.3. The first kappa shape index (κ1) is 23.2. The quantitative estimate of drug-likeness (QED) is 0.485. The number of ketones is 2. The lowest BCUT2D eigenvalue weighted by Gasteiger charge is -2.59. The van der Waals surface area contributed by atoms with Gasteiger partial charge in [0.25, 0.3) is 0 Å². The molecule has 4 aliphatic rings. The molecule has 0 spiro atoms. The average molecular weight is 466 g/mol. The molecule has 0 radical (unpaired) electrons. The van der Waals surface area contributed by atoms with Crippen LogP contribution in [-0.4, -0.2) is 29.9 Å². The fourth-order valence-electron chi connectivity index (χ4n) is 7.89. The molecule has 3 saturated carbocycles. The Morgan fingerprint density at radius 1 is 0.939 bits per heavy atom. The number of thioether (sulfide) groups is 1. The third-order valence-electron chi connectivity index (χ3n) is 9.92. The van der Waals surface area contributed by atoms with Gasteiger partial charge in [-0.25, -0.2) is 0 Å². The van der Waals surface area contributed by atoms with Crippen molar-refractivity contribution >= 4 is 29.0 Å². The number of benzene rings is 1. The first-order valence-electron chi connectivity index (χ1n) is 13.1. The van der Waals surface area contributed by atoms with E-state index in [0.717, 1.165) is 51.6 Å². The van der Waals surface area contributed by atoms with E-state index in [1.54, 1.807) is 0 Å². The zero-order valence-corrected chi connectivity index (χ0v) is 21.5. The summed E-state index contributed by atoms with van der Waals surface area (Å²) in [4.78, 5) is 29.1. The maximum absolute atomic E-state index is 13.0. The molecule has 1 aromatic carbocycles. The third-order valence-corrected chi connectivity index (χ3v) is 11.3. The zero-order chi connectivity index (χ0) is 23.4. The van der Waals surface area contributed by atoms with E-state index in [1.807, 2.05) is 17.8 Å². The van der Waals surface area contributed by atoms with Gasteiger partial charge in [-0.2, -0.15) is 0 Å². The lowest BCUT2D eigenvalue weighted by molar-refractivity contribution is -0.132.